The van der Waals surface area contributed by atoms with Crippen LogP contribution in [0, 0.1) is 0 Å². The van der Waals surface area contributed by atoms with Gasteiger partial charge in [0.05, 0.1) is 14.2 Å². The number of benzene rings is 1. The van der Waals surface area contributed by atoms with Gasteiger partial charge in [-0.2, -0.15) is 4.80 Å². The summed E-state index contributed by atoms with van der Waals surface area (Å²) in [5.74, 6) is 1.51. The summed E-state index contributed by atoms with van der Waals surface area (Å²) >= 11 is 0. The summed E-state index contributed by atoms with van der Waals surface area (Å²) in [4.78, 5) is 13.4. The first kappa shape index (κ1) is 18.9. The lowest BCUT2D eigenvalue weighted by Crippen LogP contribution is -2.29. The Hall–Kier alpha value is -2.90. The van der Waals surface area contributed by atoms with Crippen LogP contribution < -0.4 is 14.8 Å². The molecule has 0 saturated heterocycles. The number of nitrogens with one attached hydrogen (secondary N) is 1. The van der Waals surface area contributed by atoms with Gasteiger partial charge in [0.1, 0.15) is 6.54 Å². The summed E-state index contributed by atoms with van der Waals surface area (Å²) in [5, 5.41) is 15.2. The Morgan fingerprint density at radius 2 is 2.07 bits per heavy atom. The van der Waals surface area contributed by atoms with E-state index >= 15 is 0 Å². The monoisotopic (exact) mass is 371 g/mol. The number of carbonyl (C=O) groups excluding carboxylic acids is 1. The number of rotatable bonds is 8. The third kappa shape index (κ3) is 5.06. The molecule has 0 atom stereocenters. The molecule has 0 unspecified atom stereocenters. The predicted octanol–water partition coefficient (Wildman–Crippen LogP) is 2.36. The van der Waals surface area contributed by atoms with Crippen LogP contribution in [0.15, 0.2) is 29.8 Å². The zero-order valence-corrected chi connectivity index (χ0v) is 15.8. The molecule has 1 aromatic heterocycles. The zero-order valence-electron chi connectivity index (χ0n) is 15.8. The summed E-state index contributed by atoms with van der Waals surface area (Å²) in [5.41, 5.74) is 2.18. The minimum Gasteiger partial charge on any atom is -0.493 e. The number of carbonyl (C=O) groups is 1. The maximum absolute atomic E-state index is 12.1. The Kier molecular flexibility index (Phi) is 6.40. The lowest BCUT2D eigenvalue weighted by molar-refractivity contribution is -0.122. The van der Waals surface area contributed by atoms with E-state index in [0.717, 1.165) is 24.8 Å². The number of tetrazole rings is 1. The lowest BCUT2D eigenvalue weighted by Gasteiger charge is -2.12. The quantitative estimate of drug-likeness (QED) is 0.717. The van der Waals surface area contributed by atoms with Crippen LogP contribution in [0.4, 0.5) is 0 Å². The fourth-order valence-electron chi connectivity index (χ4n) is 3.08. The van der Waals surface area contributed by atoms with Gasteiger partial charge in [0, 0.05) is 12.1 Å². The van der Waals surface area contributed by atoms with Crippen molar-refractivity contribution in [3.63, 3.8) is 0 Å². The van der Waals surface area contributed by atoms with E-state index in [1.54, 1.807) is 26.4 Å². The lowest BCUT2D eigenvalue weighted by atomic mass is 9.97. The molecular formula is C19H25N5O3. The molecule has 0 spiro atoms. The largest absolute Gasteiger partial charge is 0.493 e. The van der Waals surface area contributed by atoms with E-state index in [-0.39, 0.29) is 12.5 Å². The Bertz CT molecular complexity index is 815. The third-order valence-electron chi connectivity index (χ3n) is 4.53. The second-order valence-corrected chi connectivity index (χ2v) is 6.42. The van der Waals surface area contributed by atoms with Gasteiger partial charge in [-0.05, 0) is 55.5 Å². The highest BCUT2D eigenvalue weighted by Crippen LogP contribution is 2.30. The molecule has 0 saturated carbocycles. The molecule has 2 aromatic rings. The van der Waals surface area contributed by atoms with E-state index in [2.05, 4.69) is 26.8 Å². The molecule has 1 amide bonds. The van der Waals surface area contributed by atoms with Crippen LogP contribution in [0.1, 0.15) is 32.1 Å². The third-order valence-corrected chi connectivity index (χ3v) is 4.53. The average molecular weight is 371 g/mol. The zero-order chi connectivity index (χ0) is 19.1. The van der Waals surface area contributed by atoms with Gasteiger partial charge in [-0.3, -0.25) is 4.79 Å². The molecule has 8 nitrogen and oxygen atoms in total. The summed E-state index contributed by atoms with van der Waals surface area (Å²) in [6.07, 6.45) is 8.04. The molecule has 1 aliphatic carbocycles. The number of hydrogen-bond acceptors (Lipinski definition) is 6. The number of methoxy groups -OCH3 is 2. The first-order valence-electron chi connectivity index (χ1n) is 9.14. The predicted molar refractivity (Wildman–Crippen MR) is 101 cm³/mol. The highest BCUT2D eigenvalue weighted by molar-refractivity contribution is 5.75. The fraction of sp³-hybridized carbons (Fsp3) is 0.474. The Labute approximate surface area is 158 Å². The maximum atomic E-state index is 12.1. The number of ether oxygens (including phenoxy) is 2. The van der Waals surface area contributed by atoms with Gasteiger partial charge >= 0.3 is 0 Å². The molecule has 3 rings (SSSR count). The maximum Gasteiger partial charge on any atom is 0.243 e. The van der Waals surface area contributed by atoms with Crippen molar-refractivity contribution in [3.05, 3.63) is 29.8 Å². The molecule has 0 bridgehead atoms. The molecule has 1 aliphatic rings. The van der Waals surface area contributed by atoms with Crippen LogP contribution >= 0.6 is 0 Å². The number of allylic oxidation sites excluding steroid dienone is 1. The smallest absolute Gasteiger partial charge is 0.243 e. The SMILES string of the molecule is COc1ccc(-c2nnn(CC(=O)NCCC3=CCCCC3)n2)cc1OC. The Morgan fingerprint density at radius 1 is 1.22 bits per heavy atom. The molecule has 1 aromatic carbocycles. The van der Waals surface area contributed by atoms with Crippen molar-refractivity contribution in [1.29, 1.82) is 0 Å². The summed E-state index contributed by atoms with van der Waals surface area (Å²) in [6.45, 7) is 0.682. The van der Waals surface area contributed by atoms with E-state index in [9.17, 15) is 4.79 Å². The van der Waals surface area contributed by atoms with Gasteiger partial charge in [-0.15, -0.1) is 10.2 Å². The number of nitrogens with zero attached hydrogens (tertiary/aromatic N) is 4. The molecule has 1 N–H and O–H groups in total. The van der Waals surface area contributed by atoms with E-state index in [1.165, 1.54) is 23.2 Å². The standard InChI is InChI=1S/C19H25N5O3/c1-26-16-9-8-15(12-17(16)27-2)19-21-23-24(22-19)13-18(25)20-11-10-14-6-4-3-5-7-14/h6,8-9,12H,3-5,7,10-11,13H2,1-2H3,(H,20,25). The molecule has 0 radical (unpaired) electrons. The highest BCUT2D eigenvalue weighted by atomic mass is 16.5. The van der Waals surface area contributed by atoms with Crippen LogP contribution in [-0.4, -0.2) is 46.9 Å². The van der Waals surface area contributed by atoms with Crippen molar-refractivity contribution in [2.75, 3.05) is 20.8 Å². The van der Waals surface area contributed by atoms with E-state index in [1.807, 2.05) is 6.07 Å². The van der Waals surface area contributed by atoms with Gasteiger partial charge in [-0.25, -0.2) is 0 Å². The number of amides is 1. The van der Waals surface area contributed by atoms with Gasteiger partial charge in [0.2, 0.25) is 11.7 Å². The van der Waals surface area contributed by atoms with Gasteiger partial charge in [-0.1, -0.05) is 11.6 Å². The minimum atomic E-state index is -0.123. The van der Waals surface area contributed by atoms with E-state index in [4.69, 9.17) is 9.47 Å². The van der Waals surface area contributed by atoms with Crippen LogP contribution in [0.25, 0.3) is 11.4 Å². The van der Waals surface area contributed by atoms with Gasteiger partial charge < -0.3 is 14.8 Å². The minimum absolute atomic E-state index is 0.0410. The van der Waals surface area contributed by atoms with E-state index < -0.39 is 0 Å². The molecule has 27 heavy (non-hydrogen) atoms. The molecule has 0 fully saturated rings. The number of hydrogen-bond donors (Lipinski definition) is 1. The Balaban J connectivity index is 1.54. The van der Waals surface area contributed by atoms with Crippen molar-refractivity contribution < 1.29 is 14.3 Å². The van der Waals surface area contributed by atoms with E-state index in [0.29, 0.717) is 23.9 Å². The molecule has 1 heterocycles. The highest BCUT2D eigenvalue weighted by Gasteiger charge is 2.12. The second-order valence-electron chi connectivity index (χ2n) is 6.42. The molecule has 0 aliphatic heterocycles. The van der Waals surface area contributed by atoms with Crippen molar-refractivity contribution in [3.8, 4) is 22.9 Å². The second kappa shape index (κ2) is 9.16. The van der Waals surface area contributed by atoms with Gasteiger partial charge in [0.15, 0.2) is 11.5 Å². The fourth-order valence-corrected chi connectivity index (χ4v) is 3.08. The first-order valence-corrected chi connectivity index (χ1v) is 9.14. The first-order chi connectivity index (χ1) is 13.2. The molecule has 8 heteroatoms. The van der Waals surface area contributed by atoms with Crippen LogP contribution in [0.3, 0.4) is 0 Å². The van der Waals surface area contributed by atoms with Crippen molar-refractivity contribution >= 4 is 5.91 Å². The van der Waals surface area contributed by atoms with Crippen molar-refractivity contribution in [1.82, 2.24) is 25.5 Å². The summed E-state index contributed by atoms with van der Waals surface area (Å²) < 4.78 is 10.5. The molecular weight excluding hydrogens is 346 g/mol. The Morgan fingerprint density at radius 3 is 2.81 bits per heavy atom. The summed E-state index contributed by atoms with van der Waals surface area (Å²) in [6, 6.07) is 5.38. The van der Waals surface area contributed by atoms with Crippen LogP contribution in [0.5, 0.6) is 11.5 Å². The number of aromatic nitrogens is 4. The van der Waals surface area contributed by atoms with Crippen molar-refractivity contribution in [2.45, 2.75) is 38.6 Å². The van der Waals surface area contributed by atoms with Gasteiger partial charge in [0.25, 0.3) is 0 Å². The van der Waals surface area contributed by atoms with Crippen LogP contribution in [-0.2, 0) is 11.3 Å². The normalized spacial score (nSPS) is 13.8. The molecule has 144 valence electrons. The van der Waals surface area contributed by atoms with Crippen molar-refractivity contribution in [2.24, 2.45) is 0 Å². The van der Waals surface area contributed by atoms with Crippen LogP contribution in [0.2, 0.25) is 0 Å². The topological polar surface area (TPSA) is 91.2 Å². The average Bonchev–Trinajstić information content (AvgIpc) is 3.16. The summed E-state index contributed by atoms with van der Waals surface area (Å²) in [7, 11) is 3.15.